The SMILES string of the molecule is COC(=O)[C@H]1CCCN1Cc1noc(CC(C)C)n1. The average molecular weight is 267 g/mol. The van der Waals surface area contributed by atoms with Gasteiger partial charge in [-0.1, -0.05) is 19.0 Å². The Kier molecular flexibility index (Phi) is 4.52. The lowest BCUT2D eigenvalue weighted by Crippen LogP contribution is -2.36. The van der Waals surface area contributed by atoms with Crippen LogP contribution in [0.3, 0.4) is 0 Å². The van der Waals surface area contributed by atoms with Gasteiger partial charge in [-0.3, -0.25) is 9.69 Å². The van der Waals surface area contributed by atoms with Crippen molar-refractivity contribution in [2.45, 2.75) is 45.7 Å². The monoisotopic (exact) mass is 267 g/mol. The second-order valence-electron chi connectivity index (χ2n) is 5.35. The van der Waals surface area contributed by atoms with Crippen LogP contribution in [0.1, 0.15) is 38.4 Å². The van der Waals surface area contributed by atoms with Crippen molar-refractivity contribution in [1.82, 2.24) is 15.0 Å². The number of esters is 1. The van der Waals surface area contributed by atoms with Gasteiger partial charge in [0.05, 0.1) is 13.7 Å². The molecular weight excluding hydrogens is 246 g/mol. The Morgan fingerprint density at radius 2 is 2.37 bits per heavy atom. The summed E-state index contributed by atoms with van der Waals surface area (Å²) in [6.07, 6.45) is 2.62. The van der Waals surface area contributed by atoms with Gasteiger partial charge < -0.3 is 9.26 Å². The first kappa shape index (κ1) is 14.0. The van der Waals surface area contributed by atoms with Crippen LogP contribution in [0, 0.1) is 5.92 Å². The number of carbonyl (C=O) groups excluding carboxylic acids is 1. The molecule has 1 aliphatic heterocycles. The maximum absolute atomic E-state index is 11.6. The molecule has 19 heavy (non-hydrogen) atoms. The van der Waals surface area contributed by atoms with Crippen LogP contribution in [0.25, 0.3) is 0 Å². The van der Waals surface area contributed by atoms with E-state index in [4.69, 9.17) is 9.26 Å². The summed E-state index contributed by atoms with van der Waals surface area (Å²) in [6, 6.07) is -0.169. The van der Waals surface area contributed by atoms with Crippen molar-refractivity contribution in [2.24, 2.45) is 5.92 Å². The van der Waals surface area contributed by atoms with Crippen molar-refractivity contribution >= 4 is 5.97 Å². The first-order valence-electron chi connectivity index (χ1n) is 6.73. The zero-order chi connectivity index (χ0) is 13.8. The summed E-state index contributed by atoms with van der Waals surface area (Å²) >= 11 is 0. The van der Waals surface area contributed by atoms with Gasteiger partial charge in [-0.2, -0.15) is 4.98 Å². The summed E-state index contributed by atoms with van der Waals surface area (Å²) in [4.78, 5) is 18.1. The molecule has 0 aromatic carbocycles. The van der Waals surface area contributed by atoms with Crippen LogP contribution in [0.2, 0.25) is 0 Å². The van der Waals surface area contributed by atoms with Gasteiger partial charge in [-0.25, -0.2) is 0 Å². The first-order valence-corrected chi connectivity index (χ1v) is 6.73. The molecule has 2 rings (SSSR count). The van der Waals surface area contributed by atoms with Gasteiger partial charge in [0, 0.05) is 6.42 Å². The summed E-state index contributed by atoms with van der Waals surface area (Å²) in [5, 5.41) is 3.97. The highest BCUT2D eigenvalue weighted by Gasteiger charge is 2.32. The number of likely N-dealkylation sites (tertiary alicyclic amines) is 1. The second-order valence-corrected chi connectivity index (χ2v) is 5.35. The highest BCUT2D eigenvalue weighted by Crippen LogP contribution is 2.20. The fourth-order valence-corrected chi connectivity index (χ4v) is 2.39. The van der Waals surface area contributed by atoms with E-state index < -0.39 is 0 Å². The highest BCUT2D eigenvalue weighted by molar-refractivity contribution is 5.75. The van der Waals surface area contributed by atoms with Gasteiger partial charge in [-0.05, 0) is 25.3 Å². The van der Waals surface area contributed by atoms with E-state index in [2.05, 4.69) is 28.9 Å². The smallest absolute Gasteiger partial charge is 0.323 e. The maximum atomic E-state index is 11.6. The fourth-order valence-electron chi connectivity index (χ4n) is 2.39. The average Bonchev–Trinajstić information content (AvgIpc) is 2.98. The van der Waals surface area contributed by atoms with Crippen molar-refractivity contribution in [3.8, 4) is 0 Å². The molecule has 0 unspecified atom stereocenters. The zero-order valence-corrected chi connectivity index (χ0v) is 11.8. The minimum absolute atomic E-state index is 0.169. The summed E-state index contributed by atoms with van der Waals surface area (Å²) in [7, 11) is 1.42. The number of ether oxygens (including phenoxy) is 1. The summed E-state index contributed by atoms with van der Waals surface area (Å²) < 4.78 is 10.0. The van der Waals surface area contributed by atoms with E-state index in [-0.39, 0.29) is 12.0 Å². The maximum Gasteiger partial charge on any atom is 0.323 e. The van der Waals surface area contributed by atoms with Gasteiger partial charge in [0.2, 0.25) is 5.89 Å². The third-order valence-electron chi connectivity index (χ3n) is 3.27. The molecule has 0 saturated carbocycles. The molecule has 0 N–H and O–H groups in total. The van der Waals surface area contributed by atoms with E-state index in [0.717, 1.165) is 25.8 Å². The van der Waals surface area contributed by atoms with Crippen LogP contribution in [-0.2, 0) is 22.5 Å². The topological polar surface area (TPSA) is 68.5 Å². The molecule has 0 bridgehead atoms. The quantitative estimate of drug-likeness (QED) is 0.751. The minimum Gasteiger partial charge on any atom is -0.468 e. The largest absolute Gasteiger partial charge is 0.468 e. The van der Waals surface area contributed by atoms with Crippen LogP contribution in [-0.4, -0.2) is 40.7 Å². The number of hydrogen-bond acceptors (Lipinski definition) is 6. The van der Waals surface area contributed by atoms with Crippen LogP contribution in [0.15, 0.2) is 4.52 Å². The van der Waals surface area contributed by atoms with Crippen molar-refractivity contribution in [1.29, 1.82) is 0 Å². The van der Waals surface area contributed by atoms with E-state index in [1.54, 1.807) is 0 Å². The van der Waals surface area contributed by atoms with Gasteiger partial charge in [0.1, 0.15) is 6.04 Å². The standard InChI is InChI=1S/C13H21N3O3/c1-9(2)7-12-14-11(15-19-12)8-16-6-4-5-10(16)13(17)18-3/h9-10H,4-8H2,1-3H3/t10-/m1/s1. The molecule has 0 radical (unpaired) electrons. The van der Waals surface area contributed by atoms with Crippen molar-refractivity contribution in [2.75, 3.05) is 13.7 Å². The van der Waals surface area contributed by atoms with E-state index in [1.807, 2.05) is 0 Å². The van der Waals surface area contributed by atoms with Crippen molar-refractivity contribution in [3.05, 3.63) is 11.7 Å². The van der Waals surface area contributed by atoms with Gasteiger partial charge >= 0.3 is 5.97 Å². The zero-order valence-electron chi connectivity index (χ0n) is 11.8. The van der Waals surface area contributed by atoms with Gasteiger partial charge in [0.25, 0.3) is 0 Å². The predicted octanol–water partition coefficient (Wildman–Crippen LogP) is 1.41. The molecule has 0 spiro atoms. The Balaban J connectivity index is 1.96. The minimum atomic E-state index is -0.177. The highest BCUT2D eigenvalue weighted by atomic mass is 16.5. The number of aromatic nitrogens is 2. The van der Waals surface area contributed by atoms with Crippen molar-refractivity contribution < 1.29 is 14.1 Å². The molecule has 1 aromatic heterocycles. The lowest BCUT2D eigenvalue weighted by molar-refractivity contribution is -0.146. The van der Waals surface area contributed by atoms with Crippen LogP contribution in [0.5, 0.6) is 0 Å². The fraction of sp³-hybridized carbons (Fsp3) is 0.769. The summed E-state index contributed by atoms with van der Waals surface area (Å²) in [5.74, 6) is 1.62. The lowest BCUT2D eigenvalue weighted by atomic mass is 10.1. The molecular formula is C13H21N3O3. The Labute approximate surface area is 113 Å². The molecule has 0 amide bonds. The summed E-state index contributed by atoms with van der Waals surface area (Å²) in [5.41, 5.74) is 0. The second kappa shape index (κ2) is 6.14. The normalized spacial score (nSPS) is 20.1. The number of hydrogen-bond donors (Lipinski definition) is 0. The Morgan fingerprint density at radius 1 is 1.58 bits per heavy atom. The summed E-state index contributed by atoms with van der Waals surface area (Å²) in [6.45, 7) is 5.63. The molecule has 1 atom stereocenters. The molecule has 2 heterocycles. The third-order valence-corrected chi connectivity index (χ3v) is 3.27. The lowest BCUT2D eigenvalue weighted by Gasteiger charge is -2.20. The molecule has 1 aliphatic rings. The van der Waals surface area contributed by atoms with Crippen LogP contribution in [0.4, 0.5) is 0 Å². The van der Waals surface area contributed by atoms with E-state index in [0.29, 0.717) is 24.2 Å². The molecule has 1 fully saturated rings. The Bertz CT molecular complexity index is 431. The molecule has 6 heteroatoms. The Morgan fingerprint density at radius 3 is 3.05 bits per heavy atom. The molecule has 1 saturated heterocycles. The first-order chi connectivity index (χ1) is 9.10. The van der Waals surface area contributed by atoms with Gasteiger partial charge in [-0.15, -0.1) is 0 Å². The predicted molar refractivity (Wildman–Crippen MR) is 68.3 cm³/mol. The third kappa shape index (κ3) is 3.53. The van der Waals surface area contributed by atoms with Gasteiger partial charge in [0.15, 0.2) is 5.82 Å². The number of rotatable bonds is 5. The van der Waals surface area contributed by atoms with Crippen molar-refractivity contribution in [3.63, 3.8) is 0 Å². The van der Waals surface area contributed by atoms with Crippen LogP contribution < -0.4 is 0 Å². The van der Waals surface area contributed by atoms with Crippen LogP contribution >= 0.6 is 0 Å². The molecule has 6 nitrogen and oxygen atoms in total. The van der Waals surface area contributed by atoms with E-state index >= 15 is 0 Å². The number of methoxy groups -OCH3 is 1. The molecule has 1 aromatic rings. The molecule has 0 aliphatic carbocycles. The number of carbonyl (C=O) groups is 1. The number of nitrogens with zero attached hydrogens (tertiary/aromatic N) is 3. The molecule has 106 valence electrons. The Hall–Kier alpha value is -1.43. The van der Waals surface area contributed by atoms with E-state index in [1.165, 1.54) is 7.11 Å². The van der Waals surface area contributed by atoms with E-state index in [9.17, 15) is 4.79 Å².